The van der Waals surface area contributed by atoms with Crippen LogP contribution in [-0.2, 0) is 14.6 Å². The van der Waals surface area contributed by atoms with Gasteiger partial charge >= 0.3 is 0 Å². The molecule has 174 valence electrons. The van der Waals surface area contributed by atoms with E-state index >= 15 is 0 Å². The summed E-state index contributed by atoms with van der Waals surface area (Å²) in [5.41, 5.74) is 1.52. The Labute approximate surface area is 201 Å². The van der Waals surface area contributed by atoms with Crippen LogP contribution in [0.2, 0.25) is 0 Å². The quantitative estimate of drug-likeness (QED) is 0.359. The number of para-hydroxylation sites is 1. The Bertz CT molecular complexity index is 1410. The van der Waals surface area contributed by atoms with Crippen LogP contribution in [0.1, 0.15) is 6.92 Å². The summed E-state index contributed by atoms with van der Waals surface area (Å²) in [7, 11) is -3.31. The molecular weight excluding hydrogens is 475 g/mol. The van der Waals surface area contributed by atoms with Gasteiger partial charge in [-0.15, -0.1) is 10.2 Å². The van der Waals surface area contributed by atoms with Crippen LogP contribution in [0.25, 0.3) is 17.1 Å². The van der Waals surface area contributed by atoms with Gasteiger partial charge in [0.15, 0.2) is 20.8 Å². The van der Waals surface area contributed by atoms with E-state index in [1.54, 1.807) is 41.8 Å². The number of sulfone groups is 1. The van der Waals surface area contributed by atoms with Crippen LogP contribution in [0.3, 0.4) is 0 Å². The van der Waals surface area contributed by atoms with Crippen molar-refractivity contribution in [1.82, 2.24) is 14.8 Å². The molecule has 0 aliphatic rings. The Hall–Kier alpha value is -3.50. The normalized spacial score (nSPS) is 11.4. The minimum Gasteiger partial charge on any atom is -0.325 e. The number of thioether (sulfide) groups is 1. The molecule has 4 aromatic rings. The van der Waals surface area contributed by atoms with E-state index in [1.165, 1.54) is 18.2 Å². The number of carbonyl (C=O) groups excluding carboxylic acids is 1. The molecule has 0 unspecified atom stereocenters. The molecule has 0 saturated heterocycles. The lowest BCUT2D eigenvalue weighted by Crippen LogP contribution is -2.14. The number of carbonyl (C=O) groups is 1. The maximum atomic E-state index is 14.5. The molecular formula is C24H21FN4O3S2. The molecule has 4 rings (SSSR count). The lowest BCUT2D eigenvalue weighted by atomic mass is 10.2. The number of amides is 1. The van der Waals surface area contributed by atoms with Gasteiger partial charge < -0.3 is 5.32 Å². The predicted molar refractivity (Wildman–Crippen MR) is 130 cm³/mol. The van der Waals surface area contributed by atoms with Gasteiger partial charge in [-0.25, -0.2) is 12.8 Å². The number of hydrogen-bond acceptors (Lipinski definition) is 6. The summed E-state index contributed by atoms with van der Waals surface area (Å²) in [6.07, 6.45) is 0. The first-order valence-electron chi connectivity index (χ1n) is 10.4. The first kappa shape index (κ1) is 23.7. The molecule has 0 fully saturated rings. The van der Waals surface area contributed by atoms with E-state index in [0.29, 0.717) is 22.2 Å². The lowest BCUT2D eigenvalue weighted by Gasteiger charge is -2.11. The molecule has 1 amide bonds. The molecule has 3 aromatic carbocycles. The summed E-state index contributed by atoms with van der Waals surface area (Å²) in [5.74, 6) is -0.357. The standard InChI is InChI=1S/C24H21FN4O3S2/c1-2-34(31,32)19-14-12-17(13-15-19)26-22(30)16-33-24-28-27-23(20-10-6-7-11-21(20)25)29(24)18-8-4-3-5-9-18/h3-15H,2,16H2,1H3,(H,26,30). The van der Waals surface area contributed by atoms with Gasteiger partial charge in [0.2, 0.25) is 5.91 Å². The number of anilines is 1. The van der Waals surface area contributed by atoms with Gasteiger partial charge in [-0.2, -0.15) is 0 Å². The van der Waals surface area contributed by atoms with Crippen LogP contribution in [0, 0.1) is 5.82 Å². The molecule has 7 nitrogen and oxygen atoms in total. The summed E-state index contributed by atoms with van der Waals surface area (Å²) in [5, 5.41) is 11.6. The third-order valence-electron chi connectivity index (χ3n) is 4.97. The SMILES string of the molecule is CCS(=O)(=O)c1ccc(NC(=O)CSc2nnc(-c3ccccc3F)n2-c2ccccc2)cc1. The molecule has 0 aliphatic heterocycles. The highest BCUT2D eigenvalue weighted by Gasteiger charge is 2.19. The van der Waals surface area contributed by atoms with Crippen LogP contribution >= 0.6 is 11.8 Å². The van der Waals surface area contributed by atoms with Crippen molar-refractivity contribution in [2.45, 2.75) is 17.0 Å². The van der Waals surface area contributed by atoms with E-state index in [1.807, 2.05) is 30.3 Å². The lowest BCUT2D eigenvalue weighted by molar-refractivity contribution is -0.113. The van der Waals surface area contributed by atoms with Crippen LogP contribution in [0.5, 0.6) is 0 Å². The van der Waals surface area contributed by atoms with Gasteiger partial charge in [-0.3, -0.25) is 9.36 Å². The second-order valence-electron chi connectivity index (χ2n) is 7.22. The molecule has 0 radical (unpaired) electrons. The number of benzene rings is 3. The van der Waals surface area contributed by atoms with Gasteiger partial charge in [-0.05, 0) is 48.5 Å². The van der Waals surface area contributed by atoms with E-state index in [-0.39, 0.29) is 22.3 Å². The smallest absolute Gasteiger partial charge is 0.234 e. The second-order valence-corrected chi connectivity index (χ2v) is 10.4. The van der Waals surface area contributed by atoms with Crippen LogP contribution < -0.4 is 5.32 Å². The van der Waals surface area contributed by atoms with Crippen molar-refractivity contribution in [3.8, 4) is 17.1 Å². The van der Waals surface area contributed by atoms with Gasteiger partial charge in [0, 0.05) is 11.4 Å². The average Bonchev–Trinajstić information content (AvgIpc) is 3.27. The fourth-order valence-electron chi connectivity index (χ4n) is 3.23. The molecule has 0 aliphatic carbocycles. The zero-order valence-corrected chi connectivity index (χ0v) is 19.8. The number of nitrogens with zero attached hydrogens (tertiary/aromatic N) is 3. The Morgan fingerprint density at radius 1 is 0.971 bits per heavy atom. The van der Waals surface area contributed by atoms with Crippen molar-refractivity contribution in [2.24, 2.45) is 0 Å². The van der Waals surface area contributed by atoms with E-state index < -0.39 is 15.7 Å². The Morgan fingerprint density at radius 2 is 1.65 bits per heavy atom. The molecule has 0 spiro atoms. The summed E-state index contributed by atoms with van der Waals surface area (Å²) in [6, 6.07) is 21.6. The number of aromatic nitrogens is 3. The van der Waals surface area contributed by atoms with Crippen LogP contribution in [0.15, 0.2) is 88.9 Å². The topological polar surface area (TPSA) is 93.9 Å². The third-order valence-corrected chi connectivity index (χ3v) is 7.65. The first-order valence-corrected chi connectivity index (χ1v) is 13.0. The predicted octanol–water partition coefficient (Wildman–Crippen LogP) is 4.60. The van der Waals surface area contributed by atoms with Gasteiger partial charge in [0.1, 0.15) is 5.82 Å². The van der Waals surface area contributed by atoms with Gasteiger partial charge in [0.05, 0.1) is 22.0 Å². The number of hydrogen-bond donors (Lipinski definition) is 1. The zero-order valence-electron chi connectivity index (χ0n) is 18.2. The largest absolute Gasteiger partial charge is 0.325 e. The van der Waals surface area contributed by atoms with Gasteiger partial charge in [-0.1, -0.05) is 49.0 Å². The van der Waals surface area contributed by atoms with Crippen molar-refractivity contribution in [3.05, 3.63) is 84.7 Å². The highest BCUT2D eigenvalue weighted by atomic mass is 32.2. The fourth-order valence-corrected chi connectivity index (χ4v) is 4.87. The van der Waals surface area contributed by atoms with Crippen LogP contribution in [-0.4, -0.2) is 40.6 Å². The van der Waals surface area contributed by atoms with Crippen molar-refractivity contribution >= 4 is 33.2 Å². The Morgan fingerprint density at radius 3 is 2.32 bits per heavy atom. The first-order chi connectivity index (χ1) is 16.4. The minimum atomic E-state index is -3.31. The number of nitrogens with one attached hydrogen (secondary N) is 1. The average molecular weight is 497 g/mol. The van der Waals surface area contributed by atoms with E-state index in [0.717, 1.165) is 17.4 Å². The third kappa shape index (κ3) is 5.18. The van der Waals surface area contributed by atoms with E-state index in [9.17, 15) is 17.6 Å². The zero-order chi connectivity index (χ0) is 24.1. The minimum absolute atomic E-state index is 0.00626. The maximum Gasteiger partial charge on any atom is 0.234 e. The highest BCUT2D eigenvalue weighted by Crippen LogP contribution is 2.29. The Kier molecular flexibility index (Phi) is 7.09. The summed E-state index contributed by atoms with van der Waals surface area (Å²) in [4.78, 5) is 12.7. The maximum absolute atomic E-state index is 14.5. The summed E-state index contributed by atoms with van der Waals surface area (Å²) >= 11 is 1.16. The Balaban J connectivity index is 1.53. The molecule has 10 heteroatoms. The van der Waals surface area contributed by atoms with Crippen LogP contribution in [0.4, 0.5) is 10.1 Å². The second kappa shape index (κ2) is 10.2. The van der Waals surface area contributed by atoms with Crippen molar-refractivity contribution in [2.75, 3.05) is 16.8 Å². The molecule has 34 heavy (non-hydrogen) atoms. The molecule has 1 heterocycles. The number of rotatable bonds is 8. The number of halogens is 1. The van der Waals surface area contributed by atoms with E-state index in [4.69, 9.17) is 0 Å². The highest BCUT2D eigenvalue weighted by molar-refractivity contribution is 7.99. The molecule has 1 N–H and O–H groups in total. The molecule has 0 atom stereocenters. The fraction of sp³-hybridized carbons (Fsp3) is 0.125. The molecule has 0 bridgehead atoms. The van der Waals surface area contributed by atoms with Crippen molar-refractivity contribution in [1.29, 1.82) is 0 Å². The van der Waals surface area contributed by atoms with Gasteiger partial charge in [0.25, 0.3) is 0 Å². The van der Waals surface area contributed by atoms with Crippen molar-refractivity contribution < 1.29 is 17.6 Å². The molecule has 0 saturated carbocycles. The summed E-state index contributed by atoms with van der Waals surface area (Å²) in [6.45, 7) is 1.58. The molecule has 1 aromatic heterocycles. The van der Waals surface area contributed by atoms with Crippen molar-refractivity contribution in [3.63, 3.8) is 0 Å². The monoisotopic (exact) mass is 496 g/mol. The summed E-state index contributed by atoms with van der Waals surface area (Å²) < 4.78 is 40.1. The van der Waals surface area contributed by atoms with E-state index in [2.05, 4.69) is 15.5 Å².